The van der Waals surface area contributed by atoms with Crippen LogP contribution in [-0.2, 0) is 0 Å². The molecule has 1 fully saturated rings. The van der Waals surface area contributed by atoms with Crippen molar-refractivity contribution in [2.45, 2.75) is 39.7 Å². The third-order valence-electron chi connectivity index (χ3n) is 6.24. The number of pyridine rings is 1. The Kier molecular flexibility index (Phi) is 5.83. The number of fused-ring (bicyclic) bond motifs is 1. The monoisotopic (exact) mass is 459 g/mol. The first kappa shape index (κ1) is 22.2. The maximum atomic E-state index is 15.3. The molecule has 1 aliphatic heterocycles. The molecule has 1 aliphatic rings. The first-order valence-corrected chi connectivity index (χ1v) is 11.4. The van der Waals surface area contributed by atoms with Gasteiger partial charge < -0.3 is 9.73 Å². The molecule has 174 valence electrons. The van der Waals surface area contributed by atoms with Gasteiger partial charge in [-0.3, -0.25) is 9.69 Å². The summed E-state index contributed by atoms with van der Waals surface area (Å²) in [4.78, 5) is 20.2. The Balaban J connectivity index is 1.61. The number of hydrogen-bond acceptors (Lipinski definition) is 6. The third-order valence-corrected chi connectivity index (χ3v) is 6.24. The largest absolute Gasteiger partial charge is 0.421 e. The van der Waals surface area contributed by atoms with Crippen LogP contribution in [-0.4, -0.2) is 40.2 Å². The van der Waals surface area contributed by atoms with Gasteiger partial charge >= 0.3 is 0 Å². The summed E-state index contributed by atoms with van der Waals surface area (Å²) >= 11 is 0. The van der Waals surface area contributed by atoms with Crippen LogP contribution in [0.15, 0.2) is 47.0 Å². The number of anilines is 1. The van der Waals surface area contributed by atoms with Gasteiger partial charge in [-0.05, 0) is 68.4 Å². The summed E-state index contributed by atoms with van der Waals surface area (Å²) in [6.07, 6.45) is 3.45. The highest BCUT2D eigenvalue weighted by Gasteiger charge is 2.32. The van der Waals surface area contributed by atoms with Gasteiger partial charge in [0.2, 0.25) is 11.8 Å². The minimum absolute atomic E-state index is 0.0193. The lowest BCUT2D eigenvalue weighted by Crippen LogP contribution is -2.49. The Morgan fingerprint density at radius 2 is 2.00 bits per heavy atom. The van der Waals surface area contributed by atoms with Crippen molar-refractivity contribution in [3.63, 3.8) is 0 Å². The van der Waals surface area contributed by atoms with Crippen molar-refractivity contribution in [2.24, 2.45) is 0 Å². The molecule has 0 radical (unpaired) electrons. The van der Waals surface area contributed by atoms with E-state index < -0.39 is 11.7 Å². The van der Waals surface area contributed by atoms with E-state index in [4.69, 9.17) is 4.42 Å². The van der Waals surface area contributed by atoms with Crippen LogP contribution in [0.1, 0.15) is 40.2 Å². The predicted molar refractivity (Wildman–Crippen MR) is 128 cm³/mol. The van der Waals surface area contributed by atoms with Gasteiger partial charge in [0.15, 0.2) is 0 Å². The number of hydrogen-bond donors (Lipinski definition) is 1. The van der Waals surface area contributed by atoms with Crippen LogP contribution in [0.3, 0.4) is 0 Å². The first-order chi connectivity index (χ1) is 16.4. The smallest absolute Gasteiger partial charge is 0.262 e. The molecule has 0 saturated carbocycles. The number of aryl methyl sites for hydroxylation is 3. The zero-order valence-corrected chi connectivity index (χ0v) is 19.4. The maximum Gasteiger partial charge on any atom is 0.262 e. The molecule has 3 heterocycles. The van der Waals surface area contributed by atoms with Crippen LogP contribution in [0.5, 0.6) is 0 Å². The zero-order chi connectivity index (χ0) is 23.8. The Morgan fingerprint density at radius 3 is 2.71 bits per heavy atom. The average Bonchev–Trinajstić information content (AvgIpc) is 3.26. The normalized spacial score (nSPS) is 16.1. The summed E-state index contributed by atoms with van der Waals surface area (Å²) in [6, 6.07) is 10.3. The standard InChI is InChI=1S/C26H26FN5O2/c1-15-11-16(2)23-18(12-15)8-10-29-24(23)32(20-5-4-9-28-14-20)26(33)21-7-6-19(13-22(21)27)25-31-30-17(3)34-25/h6-8,10-13,20,28H,4-5,9,14H2,1-3H3. The Morgan fingerprint density at radius 1 is 1.15 bits per heavy atom. The van der Waals surface area contributed by atoms with Gasteiger partial charge in [-0.1, -0.05) is 17.7 Å². The number of benzene rings is 2. The molecule has 0 bridgehead atoms. The van der Waals surface area contributed by atoms with Crippen LogP contribution in [0.25, 0.3) is 22.2 Å². The van der Waals surface area contributed by atoms with E-state index in [9.17, 15) is 4.79 Å². The number of amides is 1. The molecular weight excluding hydrogens is 433 g/mol. The molecule has 8 heteroatoms. The van der Waals surface area contributed by atoms with Crippen LogP contribution in [0.4, 0.5) is 10.2 Å². The van der Waals surface area contributed by atoms with E-state index in [0.717, 1.165) is 41.3 Å². The Bertz CT molecular complexity index is 1380. The van der Waals surface area contributed by atoms with Gasteiger partial charge in [0.05, 0.1) is 11.6 Å². The van der Waals surface area contributed by atoms with E-state index >= 15 is 4.39 Å². The van der Waals surface area contributed by atoms with Crippen molar-refractivity contribution in [3.05, 3.63) is 71.0 Å². The molecule has 1 atom stereocenters. The second-order valence-electron chi connectivity index (χ2n) is 8.81. The predicted octanol–water partition coefficient (Wildman–Crippen LogP) is 4.75. The molecule has 1 unspecified atom stereocenters. The highest BCUT2D eigenvalue weighted by atomic mass is 19.1. The van der Waals surface area contributed by atoms with E-state index in [0.29, 0.717) is 23.8 Å². The molecule has 4 aromatic rings. The lowest BCUT2D eigenvalue weighted by molar-refractivity contribution is 0.0968. The Hall–Kier alpha value is -3.65. The first-order valence-electron chi connectivity index (χ1n) is 11.4. The summed E-state index contributed by atoms with van der Waals surface area (Å²) in [5.41, 5.74) is 2.57. The molecule has 7 nitrogen and oxygen atoms in total. The summed E-state index contributed by atoms with van der Waals surface area (Å²) in [5, 5.41) is 13.0. The van der Waals surface area contributed by atoms with E-state index in [-0.39, 0.29) is 17.5 Å². The van der Waals surface area contributed by atoms with Crippen LogP contribution >= 0.6 is 0 Å². The fraction of sp³-hybridized carbons (Fsp3) is 0.308. The molecule has 34 heavy (non-hydrogen) atoms. The molecule has 0 aliphatic carbocycles. The van der Waals surface area contributed by atoms with E-state index in [1.54, 1.807) is 24.1 Å². The quantitative estimate of drug-likeness (QED) is 0.474. The number of nitrogens with one attached hydrogen (secondary N) is 1. The molecule has 2 aromatic heterocycles. The van der Waals surface area contributed by atoms with Crippen molar-refractivity contribution < 1.29 is 13.6 Å². The maximum absolute atomic E-state index is 15.3. The van der Waals surface area contributed by atoms with Gasteiger partial charge in [-0.25, -0.2) is 9.37 Å². The zero-order valence-electron chi connectivity index (χ0n) is 19.4. The molecular formula is C26H26FN5O2. The fourth-order valence-corrected chi connectivity index (χ4v) is 4.73. The number of carbonyl (C=O) groups excluding carboxylic acids is 1. The lowest BCUT2D eigenvalue weighted by Gasteiger charge is -2.35. The lowest BCUT2D eigenvalue weighted by atomic mass is 9.99. The number of aromatic nitrogens is 3. The van der Waals surface area contributed by atoms with Gasteiger partial charge in [-0.2, -0.15) is 0 Å². The van der Waals surface area contributed by atoms with Crippen LogP contribution in [0.2, 0.25) is 0 Å². The minimum Gasteiger partial charge on any atom is -0.421 e. The van der Waals surface area contributed by atoms with Crippen molar-refractivity contribution in [1.29, 1.82) is 0 Å². The minimum atomic E-state index is -0.639. The van der Waals surface area contributed by atoms with Crippen molar-refractivity contribution in [3.8, 4) is 11.5 Å². The van der Waals surface area contributed by atoms with Crippen molar-refractivity contribution in [1.82, 2.24) is 20.5 Å². The van der Waals surface area contributed by atoms with Crippen molar-refractivity contribution in [2.75, 3.05) is 18.0 Å². The van der Waals surface area contributed by atoms with Crippen LogP contribution in [0, 0.1) is 26.6 Å². The highest BCUT2D eigenvalue weighted by molar-refractivity contribution is 6.11. The second-order valence-corrected chi connectivity index (χ2v) is 8.81. The van der Waals surface area contributed by atoms with Gasteiger partial charge in [0.1, 0.15) is 11.6 Å². The fourth-order valence-electron chi connectivity index (χ4n) is 4.73. The molecule has 5 rings (SSSR count). The number of nitrogens with zero attached hydrogens (tertiary/aromatic N) is 4. The SMILES string of the molecule is Cc1cc(C)c2c(N(C(=O)c3ccc(-c4nnc(C)o4)cc3F)C3CCCNC3)nccc2c1. The van der Waals surface area contributed by atoms with Gasteiger partial charge in [-0.15, -0.1) is 10.2 Å². The van der Waals surface area contributed by atoms with E-state index in [2.05, 4.69) is 32.6 Å². The summed E-state index contributed by atoms with van der Waals surface area (Å²) in [7, 11) is 0. The average molecular weight is 460 g/mol. The van der Waals surface area contributed by atoms with Gasteiger partial charge in [0, 0.05) is 30.6 Å². The molecule has 2 aromatic carbocycles. The number of rotatable bonds is 4. The van der Waals surface area contributed by atoms with Gasteiger partial charge in [0.25, 0.3) is 5.91 Å². The van der Waals surface area contributed by atoms with Crippen LogP contribution < -0.4 is 10.2 Å². The summed E-state index contributed by atoms with van der Waals surface area (Å²) < 4.78 is 20.7. The second kappa shape index (κ2) is 8.95. The molecule has 0 spiro atoms. The van der Waals surface area contributed by atoms with Crippen molar-refractivity contribution >= 4 is 22.5 Å². The molecule has 1 N–H and O–H groups in total. The summed E-state index contributed by atoms with van der Waals surface area (Å²) in [6.45, 7) is 7.25. The number of carbonyl (C=O) groups is 1. The Labute approximate surface area is 197 Å². The number of piperidine rings is 1. The third kappa shape index (κ3) is 4.05. The number of halogens is 1. The van der Waals surface area contributed by atoms with E-state index in [1.807, 2.05) is 19.9 Å². The highest BCUT2D eigenvalue weighted by Crippen LogP contribution is 2.33. The molecule has 1 amide bonds. The topological polar surface area (TPSA) is 84.2 Å². The molecule has 1 saturated heterocycles. The van der Waals surface area contributed by atoms with E-state index in [1.165, 1.54) is 12.1 Å². The summed E-state index contributed by atoms with van der Waals surface area (Å²) in [5.74, 6) is 0.105.